The monoisotopic (exact) mass is 501 g/mol. The Morgan fingerprint density at radius 1 is 1.09 bits per heavy atom. The number of nitrogens with zero attached hydrogens (tertiary/aromatic N) is 3. The van der Waals surface area contributed by atoms with Crippen LogP contribution in [-0.2, 0) is 11.3 Å². The SMILES string of the molecule is CCCCN(C(=O)[C@@H](CCSC)N1C(=O)c2ccccc2C1=O)c1c(N)n(CCC)c(=O)[nH]c1=O. The Hall–Kier alpha value is -3.34. The average molecular weight is 502 g/mol. The van der Waals surface area contributed by atoms with Crippen LogP contribution in [0.4, 0.5) is 11.5 Å². The smallest absolute Gasteiger partial charge is 0.330 e. The van der Waals surface area contributed by atoms with Crippen molar-refractivity contribution in [1.29, 1.82) is 0 Å². The number of H-pyrrole nitrogens is 1. The number of nitrogens with one attached hydrogen (secondary N) is 1. The second-order valence-electron chi connectivity index (χ2n) is 8.31. The number of nitrogen functional groups attached to an aromatic ring is 1. The molecule has 35 heavy (non-hydrogen) atoms. The molecule has 3 rings (SSSR count). The molecule has 1 aliphatic heterocycles. The standard InChI is InChI=1S/C24H31N5O5S/c1-4-6-13-27(18-19(25)28(12-5-2)24(34)26-20(18)30)23(33)17(11-14-35-3)29-21(31)15-9-7-8-10-16(15)22(29)32/h7-10,17H,4-6,11-14,25H2,1-3H3,(H,26,30,34)/t17-/m1/s1. The lowest BCUT2D eigenvalue weighted by molar-refractivity contribution is -0.122. The summed E-state index contributed by atoms with van der Waals surface area (Å²) in [6.45, 7) is 4.20. The molecule has 0 radical (unpaired) electrons. The second kappa shape index (κ2) is 11.4. The maximum Gasteiger partial charge on any atom is 0.330 e. The zero-order valence-electron chi connectivity index (χ0n) is 20.2. The molecule has 0 bridgehead atoms. The van der Waals surface area contributed by atoms with Gasteiger partial charge in [-0.2, -0.15) is 11.8 Å². The Labute approximate surface area is 207 Å². The average Bonchev–Trinajstić information content (AvgIpc) is 3.09. The molecule has 1 aliphatic rings. The summed E-state index contributed by atoms with van der Waals surface area (Å²) < 4.78 is 1.22. The van der Waals surface area contributed by atoms with E-state index in [1.165, 1.54) is 21.2 Å². The van der Waals surface area contributed by atoms with Crippen LogP contribution in [0.2, 0.25) is 0 Å². The number of unbranched alkanes of at least 4 members (excludes halogenated alkanes) is 1. The molecule has 1 atom stereocenters. The Balaban J connectivity index is 2.12. The Kier molecular flexibility index (Phi) is 8.55. The summed E-state index contributed by atoms with van der Waals surface area (Å²) in [7, 11) is 0. The summed E-state index contributed by atoms with van der Waals surface area (Å²) in [5.41, 5.74) is 5.17. The van der Waals surface area contributed by atoms with E-state index in [0.29, 0.717) is 18.6 Å². The van der Waals surface area contributed by atoms with Crippen molar-refractivity contribution in [3.63, 3.8) is 0 Å². The molecule has 2 heterocycles. The van der Waals surface area contributed by atoms with E-state index in [9.17, 15) is 24.0 Å². The first-order valence-corrected chi connectivity index (χ1v) is 13.1. The number of thioether (sulfide) groups is 1. The Morgan fingerprint density at radius 2 is 1.71 bits per heavy atom. The molecule has 2 aromatic rings. The fourth-order valence-electron chi connectivity index (χ4n) is 4.20. The number of imide groups is 1. The van der Waals surface area contributed by atoms with Crippen LogP contribution < -0.4 is 21.9 Å². The van der Waals surface area contributed by atoms with Gasteiger partial charge in [-0.1, -0.05) is 32.4 Å². The Morgan fingerprint density at radius 3 is 2.26 bits per heavy atom. The van der Waals surface area contributed by atoms with Gasteiger partial charge in [0.05, 0.1) is 11.1 Å². The van der Waals surface area contributed by atoms with Gasteiger partial charge in [0.1, 0.15) is 11.9 Å². The minimum atomic E-state index is -1.13. The minimum absolute atomic E-state index is 0.115. The van der Waals surface area contributed by atoms with E-state index < -0.39 is 35.0 Å². The number of nitrogens with two attached hydrogens (primary N) is 1. The molecule has 0 unspecified atom stereocenters. The summed E-state index contributed by atoms with van der Waals surface area (Å²) in [5, 5.41) is 0. The predicted molar refractivity (Wildman–Crippen MR) is 137 cm³/mol. The predicted octanol–water partition coefficient (Wildman–Crippen LogP) is 2.08. The third kappa shape index (κ3) is 5.04. The van der Waals surface area contributed by atoms with E-state index in [2.05, 4.69) is 4.98 Å². The topological polar surface area (TPSA) is 139 Å². The van der Waals surface area contributed by atoms with Gasteiger partial charge in [-0.05, 0) is 43.4 Å². The van der Waals surface area contributed by atoms with Gasteiger partial charge in [-0.15, -0.1) is 0 Å². The normalized spacial score (nSPS) is 13.7. The van der Waals surface area contributed by atoms with Crippen LogP contribution in [0.25, 0.3) is 0 Å². The van der Waals surface area contributed by atoms with Crippen molar-refractivity contribution in [3.05, 3.63) is 56.2 Å². The van der Waals surface area contributed by atoms with Gasteiger partial charge in [-0.3, -0.25) is 33.6 Å². The van der Waals surface area contributed by atoms with Crippen molar-refractivity contribution in [2.45, 2.75) is 52.1 Å². The molecule has 188 valence electrons. The van der Waals surface area contributed by atoms with Gasteiger partial charge >= 0.3 is 5.69 Å². The highest BCUT2D eigenvalue weighted by molar-refractivity contribution is 7.98. The molecule has 0 aliphatic carbocycles. The van der Waals surface area contributed by atoms with E-state index in [4.69, 9.17) is 5.73 Å². The number of aromatic nitrogens is 2. The molecule has 0 saturated carbocycles. The van der Waals surface area contributed by atoms with Gasteiger partial charge < -0.3 is 10.6 Å². The maximum atomic E-state index is 14.0. The number of carbonyl (C=O) groups excluding carboxylic acids is 3. The number of fused-ring (bicyclic) bond motifs is 1. The number of carbonyl (C=O) groups is 3. The van der Waals surface area contributed by atoms with Crippen molar-refractivity contribution < 1.29 is 14.4 Å². The van der Waals surface area contributed by atoms with Gasteiger partial charge in [-0.25, -0.2) is 4.79 Å². The van der Waals surface area contributed by atoms with E-state index in [1.54, 1.807) is 24.3 Å². The van der Waals surface area contributed by atoms with E-state index in [-0.39, 0.29) is 42.1 Å². The summed E-state index contributed by atoms with van der Waals surface area (Å²) in [5.74, 6) is -1.28. The first kappa shape index (κ1) is 26.3. The van der Waals surface area contributed by atoms with Crippen molar-refractivity contribution in [1.82, 2.24) is 14.5 Å². The van der Waals surface area contributed by atoms with Crippen molar-refractivity contribution in [3.8, 4) is 0 Å². The number of amides is 3. The zero-order chi connectivity index (χ0) is 25.7. The van der Waals surface area contributed by atoms with Crippen LogP contribution in [0.3, 0.4) is 0 Å². The molecule has 11 heteroatoms. The van der Waals surface area contributed by atoms with Crippen LogP contribution in [0.1, 0.15) is 60.2 Å². The van der Waals surface area contributed by atoms with Crippen molar-refractivity contribution in [2.75, 3.05) is 29.2 Å². The molecular weight excluding hydrogens is 470 g/mol. The molecule has 1 aromatic heterocycles. The van der Waals surface area contributed by atoms with E-state index in [0.717, 1.165) is 11.3 Å². The number of hydrogen-bond acceptors (Lipinski definition) is 7. The summed E-state index contributed by atoms with van der Waals surface area (Å²) >= 11 is 1.48. The van der Waals surface area contributed by atoms with E-state index >= 15 is 0 Å². The molecule has 10 nitrogen and oxygen atoms in total. The van der Waals surface area contributed by atoms with Crippen molar-refractivity contribution in [2.24, 2.45) is 0 Å². The van der Waals surface area contributed by atoms with Gasteiger partial charge in [0.25, 0.3) is 23.3 Å². The van der Waals surface area contributed by atoms with Crippen molar-refractivity contribution >= 4 is 41.0 Å². The highest BCUT2D eigenvalue weighted by Gasteiger charge is 2.44. The van der Waals surface area contributed by atoms with Gasteiger partial charge in [0.15, 0.2) is 5.69 Å². The lowest BCUT2D eigenvalue weighted by atomic mass is 10.1. The molecule has 1 aromatic carbocycles. The number of benzene rings is 1. The highest BCUT2D eigenvalue weighted by atomic mass is 32.2. The number of rotatable bonds is 11. The third-order valence-corrected chi connectivity index (χ3v) is 6.59. The first-order chi connectivity index (χ1) is 16.8. The fraction of sp³-hybridized carbons (Fsp3) is 0.458. The second-order valence-corrected chi connectivity index (χ2v) is 9.30. The highest BCUT2D eigenvalue weighted by Crippen LogP contribution is 2.28. The van der Waals surface area contributed by atoms with Crippen LogP contribution in [-0.4, -0.2) is 56.8 Å². The number of anilines is 2. The lowest BCUT2D eigenvalue weighted by Crippen LogP contribution is -2.53. The van der Waals surface area contributed by atoms with Crippen LogP contribution in [0.5, 0.6) is 0 Å². The van der Waals surface area contributed by atoms with Crippen LogP contribution >= 0.6 is 11.8 Å². The maximum absolute atomic E-state index is 14.0. The van der Waals surface area contributed by atoms with Crippen LogP contribution in [0, 0.1) is 0 Å². The molecular formula is C24H31N5O5S. The van der Waals surface area contributed by atoms with Gasteiger partial charge in [0, 0.05) is 13.1 Å². The quantitative estimate of drug-likeness (QED) is 0.450. The summed E-state index contributed by atoms with van der Waals surface area (Å²) in [4.78, 5) is 70.1. The number of aromatic amines is 1. The fourth-order valence-corrected chi connectivity index (χ4v) is 4.65. The summed E-state index contributed by atoms with van der Waals surface area (Å²) in [6, 6.07) is 5.32. The Bertz CT molecular complexity index is 1200. The third-order valence-electron chi connectivity index (χ3n) is 5.95. The van der Waals surface area contributed by atoms with Gasteiger partial charge in [0.2, 0.25) is 0 Å². The zero-order valence-corrected chi connectivity index (χ0v) is 21.0. The minimum Gasteiger partial charge on any atom is -0.383 e. The largest absolute Gasteiger partial charge is 0.383 e. The molecule has 0 spiro atoms. The lowest BCUT2D eigenvalue weighted by Gasteiger charge is -2.32. The van der Waals surface area contributed by atoms with E-state index in [1.807, 2.05) is 20.1 Å². The summed E-state index contributed by atoms with van der Waals surface area (Å²) in [6.07, 6.45) is 3.93. The molecule has 3 N–H and O–H groups in total. The van der Waals surface area contributed by atoms with Crippen LogP contribution in [0.15, 0.2) is 33.9 Å². The first-order valence-electron chi connectivity index (χ1n) is 11.7. The molecule has 3 amide bonds. The molecule has 0 saturated heterocycles. The molecule has 0 fully saturated rings. The number of hydrogen-bond donors (Lipinski definition) is 2.